The Balaban J connectivity index is 2.30. The molecule has 18 heavy (non-hydrogen) atoms. The topological polar surface area (TPSA) is 55.1 Å². The fraction of sp³-hybridized carbons (Fsp3) is 0.500. The minimum absolute atomic E-state index is 0.215. The number of hydrogen-bond donors (Lipinski definition) is 2. The van der Waals surface area contributed by atoms with Gasteiger partial charge in [-0.1, -0.05) is 18.9 Å². The molecule has 100 valence electrons. The SMILES string of the molecule is Cc1ccc(C(=O)NCCCCCCN)cc1F. The highest BCUT2D eigenvalue weighted by Crippen LogP contribution is 2.09. The maximum atomic E-state index is 13.3. The minimum atomic E-state index is -0.342. The van der Waals surface area contributed by atoms with Gasteiger partial charge >= 0.3 is 0 Å². The number of hydrogen-bond acceptors (Lipinski definition) is 2. The van der Waals surface area contributed by atoms with E-state index in [1.807, 2.05) is 0 Å². The number of benzene rings is 1. The Morgan fingerprint density at radius 3 is 2.67 bits per heavy atom. The monoisotopic (exact) mass is 252 g/mol. The normalized spacial score (nSPS) is 10.4. The summed E-state index contributed by atoms with van der Waals surface area (Å²) in [6.07, 6.45) is 4.10. The number of carbonyl (C=O) groups is 1. The Labute approximate surface area is 108 Å². The lowest BCUT2D eigenvalue weighted by molar-refractivity contribution is 0.0952. The van der Waals surface area contributed by atoms with E-state index in [1.54, 1.807) is 19.1 Å². The minimum Gasteiger partial charge on any atom is -0.352 e. The number of nitrogens with one attached hydrogen (secondary N) is 1. The number of unbranched alkanes of at least 4 members (excludes halogenated alkanes) is 3. The van der Waals surface area contributed by atoms with Crippen LogP contribution < -0.4 is 11.1 Å². The Kier molecular flexibility index (Phi) is 6.36. The zero-order valence-corrected chi connectivity index (χ0v) is 10.8. The van der Waals surface area contributed by atoms with Gasteiger partial charge in [0.15, 0.2) is 0 Å². The van der Waals surface area contributed by atoms with Gasteiger partial charge in [0.25, 0.3) is 5.91 Å². The molecule has 0 spiro atoms. The third-order valence-corrected chi connectivity index (χ3v) is 2.85. The maximum absolute atomic E-state index is 13.3. The first kappa shape index (κ1) is 14.6. The van der Waals surface area contributed by atoms with Crippen molar-refractivity contribution < 1.29 is 9.18 Å². The standard InChI is InChI=1S/C14H21FN2O/c1-11-6-7-12(10-13(11)15)14(18)17-9-5-3-2-4-8-16/h6-7,10H,2-5,8-9,16H2,1H3,(H,17,18). The summed E-state index contributed by atoms with van der Waals surface area (Å²) in [5, 5.41) is 2.79. The second-order valence-corrected chi connectivity index (χ2v) is 4.42. The van der Waals surface area contributed by atoms with E-state index in [1.165, 1.54) is 6.07 Å². The quantitative estimate of drug-likeness (QED) is 0.732. The molecular formula is C14H21FN2O. The summed E-state index contributed by atoms with van der Waals surface area (Å²) in [6.45, 7) is 3.02. The van der Waals surface area contributed by atoms with Crippen LogP contribution in [0.3, 0.4) is 0 Å². The number of nitrogens with two attached hydrogens (primary N) is 1. The van der Waals surface area contributed by atoms with Crippen molar-refractivity contribution in [3.05, 3.63) is 35.1 Å². The largest absolute Gasteiger partial charge is 0.352 e. The van der Waals surface area contributed by atoms with E-state index in [0.29, 0.717) is 17.7 Å². The predicted octanol–water partition coefficient (Wildman–Crippen LogP) is 2.38. The highest BCUT2D eigenvalue weighted by atomic mass is 19.1. The van der Waals surface area contributed by atoms with Crippen molar-refractivity contribution in [2.45, 2.75) is 32.6 Å². The molecule has 0 aromatic heterocycles. The van der Waals surface area contributed by atoms with E-state index in [-0.39, 0.29) is 11.7 Å². The van der Waals surface area contributed by atoms with Crippen molar-refractivity contribution in [3.63, 3.8) is 0 Å². The summed E-state index contributed by atoms with van der Waals surface area (Å²) >= 11 is 0. The van der Waals surface area contributed by atoms with Crippen LogP contribution in [0, 0.1) is 12.7 Å². The van der Waals surface area contributed by atoms with Crippen LogP contribution >= 0.6 is 0 Å². The average Bonchev–Trinajstić information content (AvgIpc) is 2.36. The molecule has 0 saturated carbocycles. The average molecular weight is 252 g/mol. The first-order valence-corrected chi connectivity index (χ1v) is 6.39. The molecule has 3 nitrogen and oxygen atoms in total. The molecule has 0 heterocycles. The number of halogens is 1. The van der Waals surface area contributed by atoms with Gasteiger partial charge in [-0.25, -0.2) is 4.39 Å². The molecule has 0 fully saturated rings. The smallest absolute Gasteiger partial charge is 0.251 e. The van der Waals surface area contributed by atoms with Crippen molar-refractivity contribution in [3.8, 4) is 0 Å². The van der Waals surface area contributed by atoms with Crippen LogP contribution in [0.15, 0.2) is 18.2 Å². The van der Waals surface area contributed by atoms with Crippen LogP contribution in [0.4, 0.5) is 4.39 Å². The number of rotatable bonds is 7. The molecule has 1 aromatic carbocycles. The molecule has 0 unspecified atom stereocenters. The molecule has 0 aliphatic rings. The number of carbonyl (C=O) groups excluding carboxylic acids is 1. The summed E-state index contributed by atoms with van der Waals surface area (Å²) < 4.78 is 13.3. The third-order valence-electron chi connectivity index (χ3n) is 2.85. The van der Waals surface area contributed by atoms with Gasteiger partial charge in [0.1, 0.15) is 5.82 Å². The molecule has 1 aromatic rings. The molecule has 0 aliphatic carbocycles. The van der Waals surface area contributed by atoms with Crippen LogP contribution in [0.25, 0.3) is 0 Å². The first-order valence-electron chi connectivity index (χ1n) is 6.39. The van der Waals surface area contributed by atoms with E-state index >= 15 is 0 Å². The molecule has 0 atom stereocenters. The highest BCUT2D eigenvalue weighted by Gasteiger charge is 2.07. The lowest BCUT2D eigenvalue weighted by atomic mass is 10.1. The fourth-order valence-corrected chi connectivity index (χ4v) is 1.66. The third kappa shape index (κ3) is 4.84. The summed E-state index contributed by atoms with van der Waals surface area (Å²) in [6, 6.07) is 4.53. The van der Waals surface area contributed by atoms with E-state index in [9.17, 15) is 9.18 Å². The van der Waals surface area contributed by atoms with Crippen LogP contribution in [0.1, 0.15) is 41.6 Å². The van der Waals surface area contributed by atoms with Gasteiger partial charge in [0.05, 0.1) is 0 Å². The van der Waals surface area contributed by atoms with Crippen LogP contribution in [-0.2, 0) is 0 Å². The number of amides is 1. The van der Waals surface area contributed by atoms with Crippen molar-refractivity contribution in [1.29, 1.82) is 0 Å². The van der Waals surface area contributed by atoms with Gasteiger partial charge in [-0.05, 0) is 44.0 Å². The first-order chi connectivity index (χ1) is 8.65. The molecule has 0 saturated heterocycles. The molecule has 4 heteroatoms. The molecule has 1 rings (SSSR count). The van der Waals surface area contributed by atoms with Crippen LogP contribution in [0.2, 0.25) is 0 Å². The van der Waals surface area contributed by atoms with E-state index in [4.69, 9.17) is 5.73 Å². The van der Waals surface area contributed by atoms with Gasteiger partial charge in [-0.3, -0.25) is 4.79 Å². The Morgan fingerprint density at radius 1 is 1.28 bits per heavy atom. The van der Waals surface area contributed by atoms with Crippen molar-refractivity contribution in [1.82, 2.24) is 5.32 Å². The summed E-state index contributed by atoms with van der Waals surface area (Å²) in [4.78, 5) is 11.7. The number of aryl methyl sites for hydroxylation is 1. The van der Waals surface area contributed by atoms with E-state index < -0.39 is 0 Å². The fourth-order valence-electron chi connectivity index (χ4n) is 1.66. The van der Waals surface area contributed by atoms with Crippen molar-refractivity contribution >= 4 is 5.91 Å². The van der Waals surface area contributed by atoms with Gasteiger partial charge in [0, 0.05) is 12.1 Å². The highest BCUT2D eigenvalue weighted by molar-refractivity contribution is 5.94. The van der Waals surface area contributed by atoms with Crippen LogP contribution in [0.5, 0.6) is 0 Å². The predicted molar refractivity (Wildman–Crippen MR) is 71.0 cm³/mol. The zero-order valence-electron chi connectivity index (χ0n) is 10.8. The Hall–Kier alpha value is -1.42. The Bertz CT molecular complexity index is 393. The molecule has 3 N–H and O–H groups in total. The summed E-state index contributed by atoms with van der Waals surface area (Å²) in [5.74, 6) is -0.557. The lowest BCUT2D eigenvalue weighted by Crippen LogP contribution is -2.24. The molecule has 0 radical (unpaired) electrons. The lowest BCUT2D eigenvalue weighted by Gasteiger charge is -2.06. The summed E-state index contributed by atoms with van der Waals surface area (Å²) in [5.41, 5.74) is 6.31. The molecule has 0 aliphatic heterocycles. The van der Waals surface area contributed by atoms with Crippen molar-refractivity contribution in [2.24, 2.45) is 5.73 Å². The molecular weight excluding hydrogens is 231 g/mol. The van der Waals surface area contributed by atoms with E-state index in [2.05, 4.69) is 5.32 Å². The second kappa shape index (κ2) is 7.82. The summed E-state index contributed by atoms with van der Waals surface area (Å²) in [7, 11) is 0. The second-order valence-electron chi connectivity index (χ2n) is 4.42. The maximum Gasteiger partial charge on any atom is 0.251 e. The van der Waals surface area contributed by atoms with Gasteiger partial charge in [0.2, 0.25) is 0 Å². The van der Waals surface area contributed by atoms with Gasteiger partial charge in [-0.15, -0.1) is 0 Å². The molecule has 0 bridgehead atoms. The van der Waals surface area contributed by atoms with Gasteiger partial charge < -0.3 is 11.1 Å². The zero-order chi connectivity index (χ0) is 13.4. The molecule has 1 amide bonds. The van der Waals surface area contributed by atoms with Crippen molar-refractivity contribution in [2.75, 3.05) is 13.1 Å². The Morgan fingerprint density at radius 2 is 2.00 bits per heavy atom. The van der Waals surface area contributed by atoms with E-state index in [0.717, 1.165) is 32.2 Å². The van der Waals surface area contributed by atoms with Gasteiger partial charge in [-0.2, -0.15) is 0 Å². The van der Waals surface area contributed by atoms with Crippen LogP contribution in [-0.4, -0.2) is 19.0 Å².